The number of rotatable bonds is 7. The molecular weight excluding hydrogens is 432 g/mol. The Bertz CT molecular complexity index is 1160. The predicted octanol–water partition coefficient (Wildman–Crippen LogP) is 3.36. The fourth-order valence-corrected chi connectivity index (χ4v) is 3.85. The fourth-order valence-electron chi connectivity index (χ4n) is 2.38. The van der Waals surface area contributed by atoms with Crippen LogP contribution >= 0.6 is 11.6 Å². The van der Waals surface area contributed by atoms with E-state index in [1.165, 1.54) is 50.9 Å². The van der Waals surface area contributed by atoms with Crippen LogP contribution in [0.1, 0.15) is 10.4 Å². The largest absolute Gasteiger partial charge is 0.437 e. The maximum Gasteiger partial charge on any atom is 0.266 e. The van der Waals surface area contributed by atoms with Crippen molar-refractivity contribution in [3.8, 4) is 11.6 Å². The van der Waals surface area contributed by atoms with Crippen LogP contribution in [0, 0.1) is 0 Å². The molecule has 0 bridgehead atoms. The van der Waals surface area contributed by atoms with Crippen LogP contribution in [0.5, 0.6) is 11.6 Å². The lowest BCUT2D eigenvalue weighted by Gasteiger charge is -2.16. The smallest absolute Gasteiger partial charge is 0.266 e. The molecule has 30 heavy (non-hydrogen) atoms. The van der Waals surface area contributed by atoms with Crippen molar-refractivity contribution in [3.05, 3.63) is 71.6 Å². The van der Waals surface area contributed by atoms with Crippen LogP contribution in [0.2, 0.25) is 5.02 Å². The number of sulfonamides is 1. The van der Waals surface area contributed by atoms with Gasteiger partial charge in [0.15, 0.2) is 0 Å². The molecule has 0 saturated heterocycles. The van der Waals surface area contributed by atoms with E-state index in [2.05, 4.69) is 15.3 Å². The van der Waals surface area contributed by atoms with E-state index in [0.717, 1.165) is 0 Å². The summed E-state index contributed by atoms with van der Waals surface area (Å²) in [5.74, 6) is 0.213. The third-order valence-electron chi connectivity index (χ3n) is 3.92. The summed E-state index contributed by atoms with van der Waals surface area (Å²) in [6.45, 7) is 0. The molecule has 0 unspecified atom stereocenters. The first-order valence-electron chi connectivity index (χ1n) is 8.49. The first-order chi connectivity index (χ1) is 14.3. The summed E-state index contributed by atoms with van der Waals surface area (Å²) in [6.07, 6.45) is 4.47. The standard InChI is InChI=1S/C19H17ClN4O5S/c1-24(28-2)30(26,27)17-10-13(6-7-16(17)20)19(25)23-14-4-3-5-15(11-14)29-18-12-21-8-9-22-18/h3-12H,1-2H3,(H,23,25). The molecule has 11 heteroatoms. The van der Waals surface area contributed by atoms with Crippen LogP contribution in [-0.4, -0.2) is 42.9 Å². The molecule has 9 nitrogen and oxygen atoms in total. The number of hydrogen-bond acceptors (Lipinski definition) is 7. The van der Waals surface area contributed by atoms with Gasteiger partial charge in [-0.25, -0.2) is 13.4 Å². The number of halogens is 1. The second kappa shape index (κ2) is 9.18. The lowest BCUT2D eigenvalue weighted by atomic mass is 10.2. The van der Waals surface area contributed by atoms with Crippen LogP contribution in [0.25, 0.3) is 0 Å². The van der Waals surface area contributed by atoms with Crippen molar-refractivity contribution < 1.29 is 22.8 Å². The molecule has 0 aliphatic rings. The zero-order valence-electron chi connectivity index (χ0n) is 15.9. The topological polar surface area (TPSA) is 111 Å². The normalized spacial score (nSPS) is 11.3. The monoisotopic (exact) mass is 448 g/mol. The second-order valence-electron chi connectivity index (χ2n) is 5.87. The minimum Gasteiger partial charge on any atom is -0.437 e. The highest BCUT2D eigenvalue weighted by molar-refractivity contribution is 7.89. The Hall–Kier alpha value is -3.05. The molecule has 3 rings (SSSR count). The number of nitrogens with one attached hydrogen (secondary N) is 1. The average molecular weight is 449 g/mol. The van der Waals surface area contributed by atoms with Gasteiger partial charge in [0, 0.05) is 36.8 Å². The van der Waals surface area contributed by atoms with Crippen LogP contribution in [0.4, 0.5) is 5.69 Å². The van der Waals surface area contributed by atoms with Gasteiger partial charge in [-0.2, -0.15) is 0 Å². The van der Waals surface area contributed by atoms with Crippen molar-refractivity contribution in [2.75, 3.05) is 19.5 Å². The number of carbonyl (C=O) groups is 1. The first-order valence-corrected chi connectivity index (χ1v) is 10.3. The molecule has 0 atom stereocenters. The van der Waals surface area contributed by atoms with Gasteiger partial charge in [-0.05, 0) is 30.3 Å². The zero-order valence-corrected chi connectivity index (χ0v) is 17.5. The summed E-state index contributed by atoms with van der Waals surface area (Å²) in [7, 11) is -1.59. The van der Waals surface area contributed by atoms with Gasteiger partial charge in [0.25, 0.3) is 15.9 Å². The van der Waals surface area contributed by atoms with E-state index in [4.69, 9.17) is 21.2 Å². The number of anilines is 1. The van der Waals surface area contributed by atoms with E-state index < -0.39 is 15.9 Å². The Kier molecular flexibility index (Phi) is 6.63. The average Bonchev–Trinajstić information content (AvgIpc) is 2.74. The molecule has 0 saturated carbocycles. The van der Waals surface area contributed by atoms with Crippen molar-refractivity contribution in [3.63, 3.8) is 0 Å². The quantitative estimate of drug-likeness (QED) is 0.551. The Balaban J connectivity index is 1.81. The van der Waals surface area contributed by atoms with E-state index in [0.29, 0.717) is 21.8 Å². The van der Waals surface area contributed by atoms with Gasteiger partial charge in [-0.15, -0.1) is 0 Å². The summed E-state index contributed by atoms with van der Waals surface area (Å²) in [6, 6.07) is 10.6. The Morgan fingerprint density at radius 2 is 1.97 bits per heavy atom. The molecule has 3 aromatic rings. The molecule has 0 spiro atoms. The van der Waals surface area contributed by atoms with Gasteiger partial charge >= 0.3 is 0 Å². The third-order valence-corrected chi connectivity index (χ3v) is 6.08. The number of hydrogen-bond donors (Lipinski definition) is 1. The highest BCUT2D eigenvalue weighted by Gasteiger charge is 2.25. The first kappa shape index (κ1) is 21.7. The summed E-state index contributed by atoms with van der Waals surface area (Å²) < 4.78 is 31.2. The molecule has 0 aliphatic carbocycles. The van der Waals surface area contributed by atoms with E-state index in [-0.39, 0.29) is 15.5 Å². The van der Waals surface area contributed by atoms with Gasteiger partial charge in [0.1, 0.15) is 10.6 Å². The summed E-state index contributed by atoms with van der Waals surface area (Å²) in [4.78, 5) is 25.1. The zero-order chi connectivity index (χ0) is 21.7. The lowest BCUT2D eigenvalue weighted by Crippen LogP contribution is -2.26. The van der Waals surface area contributed by atoms with E-state index in [1.807, 2.05) is 0 Å². The van der Waals surface area contributed by atoms with Crippen molar-refractivity contribution >= 4 is 33.2 Å². The molecule has 0 aliphatic heterocycles. The Morgan fingerprint density at radius 1 is 1.17 bits per heavy atom. The minimum atomic E-state index is -4.02. The number of amides is 1. The maximum atomic E-state index is 12.7. The van der Waals surface area contributed by atoms with Gasteiger partial charge in [0.2, 0.25) is 5.88 Å². The minimum absolute atomic E-state index is 0.0326. The number of carbonyl (C=O) groups excluding carboxylic acids is 1. The molecule has 1 N–H and O–H groups in total. The van der Waals surface area contributed by atoms with Gasteiger partial charge in [-0.3, -0.25) is 14.6 Å². The summed E-state index contributed by atoms with van der Waals surface area (Å²) in [5.41, 5.74) is 0.539. The number of benzene rings is 2. The molecule has 1 heterocycles. The van der Waals surface area contributed by atoms with E-state index in [9.17, 15) is 13.2 Å². The highest BCUT2D eigenvalue weighted by Crippen LogP contribution is 2.26. The molecular formula is C19H17ClN4O5S. The van der Waals surface area contributed by atoms with Gasteiger partial charge in [-0.1, -0.05) is 22.1 Å². The van der Waals surface area contributed by atoms with Crippen molar-refractivity contribution in [1.82, 2.24) is 14.4 Å². The highest BCUT2D eigenvalue weighted by atomic mass is 35.5. The third kappa shape index (κ3) is 4.92. The molecule has 0 radical (unpaired) electrons. The number of hydroxylamine groups is 1. The van der Waals surface area contributed by atoms with Crippen molar-refractivity contribution in [2.45, 2.75) is 4.90 Å². The van der Waals surface area contributed by atoms with Crippen LogP contribution in [-0.2, 0) is 14.9 Å². The lowest BCUT2D eigenvalue weighted by molar-refractivity contribution is -0.0258. The van der Waals surface area contributed by atoms with Crippen molar-refractivity contribution in [2.24, 2.45) is 0 Å². The van der Waals surface area contributed by atoms with E-state index in [1.54, 1.807) is 24.3 Å². The molecule has 0 fully saturated rings. The van der Waals surface area contributed by atoms with Gasteiger partial charge < -0.3 is 10.1 Å². The van der Waals surface area contributed by atoms with Crippen LogP contribution < -0.4 is 10.1 Å². The predicted molar refractivity (Wildman–Crippen MR) is 110 cm³/mol. The fraction of sp³-hybridized carbons (Fsp3) is 0.105. The Labute approximate surface area is 178 Å². The number of ether oxygens (including phenoxy) is 1. The number of aromatic nitrogens is 2. The SMILES string of the molecule is CON(C)S(=O)(=O)c1cc(C(=O)Nc2cccc(Oc3cnccn3)c2)ccc1Cl. The molecule has 2 aromatic carbocycles. The Morgan fingerprint density at radius 3 is 2.67 bits per heavy atom. The van der Waals surface area contributed by atoms with Crippen LogP contribution in [0.3, 0.4) is 0 Å². The molecule has 156 valence electrons. The molecule has 1 aromatic heterocycles. The summed E-state index contributed by atoms with van der Waals surface area (Å²) in [5, 5.41) is 2.66. The summed E-state index contributed by atoms with van der Waals surface area (Å²) >= 11 is 6.02. The van der Waals surface area contributed by atoms with Gasteiger partial charge in [0.05, 0.1) is 18.3 Å². The van der Waals surface area contributed by atoms with Crippen molar-refractivity contribution in [1.29, 1.82) is 0 Å². The molecule has 1 amide bonds. The van der Waals surface area contributed by atoms with Crippen LogP contribution in [0.15, 0.2) is 66.0 Å². The number of nitrogens with zero attached hydrogens (tertiary/aromatic N) is 3. The van der Waals surface area contributed by atoms with E-state index >= 15 is 0 Å². The second-order valence-corrected chi connectivity index (χ2v) is 8.18. The maximum absolute atomic E-state index is 12.7.